The smallest absolute Gasteiger partial charge is 0.253 e. The molecule has 0 bridgehead atoms. The molecule has 2 aromatic rings. The average Bonchev–Trinajstić information content (AvgIpc) is 3.38. The molecule has 0 aliphatic carbocycles. The Balaban J connectivity index is 1.53. The number of anilines is 1. The molecule has 186 valence electrons. The maximum absolute atomic E-state index is 12.5. The minimum absolute atomic E-state index is 0.0298. The molecule has 2 fully saturated rings. The molecule has 0 spiro atoms. The lowest BCUT2D eigenvalue weighted by Crippen LogP contribution is -2.54. The number of aryl methyl sites for hydroxylation is 1. The number of methoxy groups -OCH3 is 1. The summed E-state index contributed by atoms with van der Waals surface area (Å²) in [6.07, 6.45) is -2.20. The second kappa shape index (κ2) is 9.65. The summed E-state index contributed by atoms with van der Waals surface area (Å²) in [5.74, 6) is 0.474. The molecular weight excluding hydrogens is 460 g/mol. The molecule has 4 rings (SSSR count). The molecule has 34 heavy (non-hydrogen) atoms. The Morgan fingerprint density at radius 2 is 2.00 bits per heavy atom. The largest absolute Gasteiger partial charge is 0.493 e. The van der Waals surface area contributed by atoms with Crippen molar-refractivity contribution in [2.24, 2.45) is 5.41 Å². The molecule has 3 heterocycles. The SMILES string of the molecule is COc1ccc([C@@H]2CN(C(=O)[C@@H](O)CO)C[C@@]2(C)[C@@H](C)O)cc1OC1CN(c2nnc(C)s2)C1. The number of aliphatic hydroxyl groups excluding tert-OH is 3. The Hall–Kier alpha value is -2.47. The fourth-order valence-electron chi connectivity index (χ4n) is 4.65. The van der Waals surface area contributed by atoms with E-state index in [1.54, 1.807) is 25.4 Å². The van der Waals surface area contributed by atoms with Crippen molar-refractivity contribution in [1.82, 2.24) is 15.1 Å². The molecule has 1 amide bonds. The van der Waals surface area contributed by atoms with Crippen LogP contribution in [0.2, 0.25) is 0 Å². The van der Waals surface area contributed by atoms with Gasteiger partial charge in [-0.05, 0) is 31.5 Å². The van der Waals surface area contributed by atoms with Gasteiger partial charge in [0.05, 0.1) is 32.9 Å². The van der Waals surface area contributed by atoms with Crippen molar-refractivity contribution in [3.05, 3.63) is 28.8 Å². The summed E-state index contributed by atoms with van der Waals surface area (Å²) in [5.41, 5.74) is 0.267. The maximum Gasteiger partial charge on any atom is 0.253 e. The summed E-state index contributed by atoms with van der Waals surface area (Å²) in [5, 5.41) is 39.7. The first-order valence-electron chi connectivity index (χ1n) is 11.3. The van der Waals surface area contributed by atoms with Gasteiger partial charge in [0.2, 0.25) is 5.13 Å². The lowest BCUT2D eigenvalue weighted by atomic mass is 9.72. The fraction of sp³-hybridized carbons (Fsp3) is 0.609. The van der Waals surface area contributed by atoms with E-state index in [0.29, 0.717) is 31.1 Å². The predicted molar refractivity (Wildman–Crippen MR) is 126 cm³/mol. The molecule has 4 atom stereocenters. The number of rotatable bonds is 8. The zero-order valence-electron chi connectivity index (χ0n) is 19.8. The van der Waals surface area contributed by atoms with Gasteiger partial charge < -0.3 is 34.6 Å². The van der Waals surface area contributed by atoms with Crippen LogP contribution in [0.25, 0.3) is 0 Å². The van der Waals surface area contributed by atoms with Gasteiger partial charge in [0, 0.05) is 24.4 Å². The van der Waals surface area contributed by atoms with Gasteiger partial charge in [-0.1, -0.05) is 24.3 Å². The number of carbonyl (C=O) groups is 1. The zero-order valence-corrected chi connectivity index (χ0v) is 20.7. The van der Waals surface area contributed by atoms with Gasteiger partial charge in [-0.3, -0.25) is 4.79 Å². The number of nitrogens with zero attached hydrogens (tertiary/aromatic N) is 4. The monoisotopic (exact) mass is 492 g/mol. The van der Waals surface area contributed by atoms with Crippen LogP contribution in [0.1, 0.15) is 30.3 Å². The van der Waals surface area contributed by atoms with Crippen LogP contribution in [0.5, 0.6) is 11.5 Å². The highest BCUT2D eigenvalue weighted by Crippen LogP contribution is 2.47. The summed E-state index contributed by atoms with van der Waals surface area (Å²) in [6, 6.07) is 5.67. The summed E-state index contributed by atoms with van der Waals surface area (Å²) >= 11 is 1.55. The van der Waals surface area contributed by atoms with Crippen LogP contribution in [0.4, 0.5) is 5.13 Å². The quantitative estimate of drug-likeness (QED) is 0.490. The molecule has 0 unspecified atom stereocenters. The van der Waals surface area contributed by atoms with Crippen molar-refractivity contribution < 1.29 is 29.6 Å². The first-order valence-corrected chi connectivity index (χ1v) is 12.1. The molecule has 2 saturated heterocycles. The number of aromatic nitrogens is 2. The van der Waals surface area contributed by atoms with Crippen molar-refractivity contribution in [3.8, 4) is 11.5 Å². The zero-order chi connectivity index (χ0) is 24.6. The van der Waals surface area contributed by atoms with Crippen molar-refractivity contribution in [2.45, 2.75) is 45.0 Å². The molecule has 11 heteroatoms. The summed E-state index contributed by atoms with van der Waals surface area (Å²) in [6.45, 7) is 6.90. The Morgan fingerprint density at radius 3 is 2.59 bits per heavy atom. The van der Waals surface area contributed by atoms with Gasteiger partial charge in [0.1, 0.15) is 11.1 Å². The summed E-state index contributed by atoms with van der Waals surface area (Å²) < 4.78 is 11.8. The second-order valence-corrected chi connectivity index (χ2v) is 10.5. The molecule has 1 aromatic heterocycles. The number of amides is 1. The van der Waals surface area contributed by atoms with E-state index >= 15 is 0 Å². The van der Waals surface area contributed by atoms with Crippen LogP contribution in [-0.2, 0) is 4.79 Å². The van der Waals surface area contributed by atoms with E-state index in [2.05, 4.69) is 15.1 Å². The standard InChI is InChI=1S/C23H32N4O6S/c1-13(29)23(3)12-27(21(31)18(30)11-28)10-17(23)15-5-6-19(32-4)20(7-15)33-16-8-26(9-16)22-25-24-14(2)34-22/h5-7,13,16-18,28-30H,8-12H2,1-4H3/t13-,17+,18+,23+/m1/s1. The van der Waals surface area contributed by atoms with Crippen molar-refractivity contribution >= 4 is 22.4 Å². The molecule has 2 aliphatic heterocycles. The van der Waals surface area contributed by atoms with Crippen molar-refractivity contribution in [1.29, 1.82) is 0 Å². The topological polar surface area (TPSA) is 128 Å². The number of likely N-dealkylation sites (tertiary alicyclic amines) is 1. The lowest BCUT2D eigenvalue weighted by Gasteiger charge is -2.39. The molecule has 0 radical (unpaired) electrons. The number of carbonyl (C=O) groups excluding carboxylic acids is 1. The van der Waals surface area contributed by atoms with Crippen molar-refractivity contribution in [3.63, 3.8) is 0 Å². The van der Waals surface area contributed by atoms with E-state index in [1.165, 1.54) is 4.90 Å². The Labute approximate surface area is 202 Å². The van der Waals surface area contributed by atoms with Crippen LogP contribution in [-0.4, -0.2) is 94.5 Å². The highest BCUT2D eigenvalue weighted by atomic mass is 32.1. The third-order valence-electron chi connectivity index (χ3n) is 6.97. The third-order valence-corrected chi connectivity index (χ3v) is 7.87. The first kappa shape index (κ1) is 24.6. The fourth-order valence-corrected chi connectivity index (χ4v) is 5.35. The Morgan fingerprint density at radius 1 is 1.26 bits per heavy atom. The van der Waals surface area contributed by atoms with Gasteiger partial charge in [-0.2, -0.15) is 0 Å². The van der Waals surface area contributed by atoms with Gasteiger partial charge in [0.25, 0.3) is 5.91 Å². The van der Waals surface area contributed by atoms with Crippen LogP contribution >= 0.6 is 11.3 Å². The third kappa shape index (κ3) is 4.57. The Kier molecular flexibility index (Phi) is 6.99. The second-order valence-electron chi connectivity index (χ2n) is 9.31. The van der Waals surface area contributed by atoms with Crippen LogP contribution < -0.4 is 14.4 Å². The van der Waals surface area contributed by atoms with E-state index < -0.39 is 30.1 Å². The van der Waals surface area contributed by atoms with E-state index in [0.717, 1.165) is 15.7 Å². The summed E-state index contributed by atoms with van der Waals surface area (Å²) in [7, 11) is 1.59. The maximum atomic E-state index is 12.5. The Bertz CT molecular complexity index is 1030. The molecule has 1 aromatic carbocycles. The molecule has 10 nitrogen and oxygen atoms in total. The van der Waals surface area contributed by atoms with E-state index in [1.807, 2.05) is 32.0 Å². The van der Waals surface area contributed by atoms with Crippen molar-refractivity contribution in [2.75, 3.05) is 44.8 Å². The first-order chi connectivity index (χ1) is 16.2. The summed E-state index contributed by atoms with van der Waals surface area (Å²) in [4.78, 5) is 16.2. The average molecular weight is 493 g/mol. The minimum atomic E-state index is -1.47. The van der Waals surface area contributed by atoms with E-state index in [4.69, 9.17) is 9.47 Å². The predicted octanol–water partition coefficient (Wildman–Crippen LogP) is 0.789. The molecule has 0 saturated carbocycles. The van der Waals surface area contributed by atoms with Gasteiger partial charge in [0.15, 0.2) is 17.6 Å². The van der Waals surface area contributed by atoms with Gasteiger partial charge in [-0.25, -0.2) is 0 Å². The molecule has 3 N–H and O–H groups in total. The van der Waals surface area contributed by atoms with Gasteiger partial charge >= 0.3 is 0 Å². The number of ether oxygens (including phenoxy) is 2. The number of hydrogen-bond acceptors (Lipinski definition) is 10. The molecular formula is C23H32N4O6S. The van der Waals surface area contributed by atoms with E-state index in [-0.39, 0.29) is 18.6 Å². The number of benzene rings is 1. The van der Waals surface area contributed by atoms with E-state index in [9.17, 15) is 20.1 Å². The lowest BCUT2D eigenvalue weighted by molar-refractivity contribution is -0.141. The highest BCUT2D eigenvalue weighted by molar-refractivity contribution is 7.15. The minimum Gasteiger partial charge on any atom is -0.493 e. The number of hydrogen-bond donors (Lipinski definition) is 3. The van der Waals surface area contributed by atoms with Gasteiger partial charge in [-0.15, -0.1) is 10.2 Å². The highest BCUT2D eigenvalue weighted by Gasteiger charge is 2.49. The number of aliphatic hydroxyl groups is 3. The van der Waals surface area contributed by atoms with Crippen LogP contribution in [0, 0.1) is 12.3 Å². The molecule has 2 aliphatic rings. The van der Waals surface area contributed by atoms with Crippen LogP contribution in [0.15, 0.2) is 18.2 Å². The van der Waals surface area contributed by atoms with Crippen LogP contribution in [0.3, 0.4) is 0 Å². The normalized spacial score (nSPS) is 24.6.